The normalized spacial score (nSPS) is 20.4. The van der Waals surface area contributed by atoms with Gasteiger partial charge in [0, 0.05) is 12.6 Å². The van der Waals surface area contributed by atoms with Crippen molar-refractivity contribution in [3.8, 4) is 0 Å². The summed E-state index contributed by atoms with van der Waals surface area (Å²) in [5.41, 5.74) is 0. The molecule has 1 aliphatic carbocycles. The molecule has 0 spiro atoms. The van der Waals surface area contributed by atoms with Gasteiger partial charge < -0.3 is 5.11 Å². The molecule has 0 aromatic carbocycles. The Hall–Kier alpha value is -0.0800. The smallest absolute Gasteiger partial charge is 0.0639 e. The summed E-state index contributed by atoms with van der Waals surface area (Å²) in [6.07, 6.45) is 6.50. The van der Waals surface area contributed by atoms with Crippen LogP contribution in [0.4, 0.5) is 0 Å². The first kappa shape index (κ1) is 13.0. The number of nitrogens with zero attached hydrogens (tertiary/aromatic N) is 1. The minimum atomic E-state index is -0.183. The number of rotatable bonds is 6. The summed E-state index contributed by atoms with van der Waals surface area (Å²) < 4.78 is 0. The average Bonchev–Trinajstić information content (AvgIpc) is 2.63. The summed E-state index contributed by atoms with van der Waals surface area (Å²) in [5.74, 6) is 0.767. The quantitative estimate of drug-likeness (QED) is 0.733. The third kappa shape index (κ3) is 4.98. The van der Waals surface area contributed by atoms with Crippen LogP contribution in [0.2, 0.25) is 0 Å². The highest BCUT2D eigenvalue weighted by molar-refractivity contribution is 4.78. The zero-order valence-corrected chi connectivity index (χ0v) is 10.6. The fourth-order valence-electron chi connectivity index (χ4n) is 2.46. The molecule has 0 aromatic rings. The molecular weight excluding hydrogens is 186 g/mol. The summed E-state index contributed by atoms with van der Waals surface area (Å²) in [6.45, 7) is 8.46. The maximum atomic E-state index is 9.51. The zero-order chi connectivity index (χ0) is 11.3. The Balaban J connectivity index is 2.37. The van der Waals surface area contributed by atoms with Crippen molar-refractivity contribution in [1.29, 1.82) is 0 Å². The third-order valence-electron chi connectivity index (χ3n) is 3.33. The largest absolute Gasteiger partial charge is 0.392 e. The molecule has 0 amide bonds. The molecular formula is C13H27NO. The molecule has 1 fully saturated rings. The highest BCUT2D eigenvalue weighted by atomic mass is 16.3. The van der Waals surface area contributed by atoms with Gasteiger partial charge in [-0.3, -0.25) is 4.90 Å². The SMILES string of the molecule is CC(C)CCN(CC(C)O)C1CCCC1. The van der Waals surface area contributed by atoms with Crippen molar-refractivity contribution in [3.05, 3.63) is 0 Å². The lowest BCUT2D eigenvalue weighted by atomic mass is 10.1. The molecule has 2 heteroatoms. The van der Waals surface area contributed by atoms with E-state index in [0.717, 1.165) is 25.0 Å². The van der Waals surface area contributed by atoms with Gasteiger partial charge in [0.25, 0.3) is 0 Å². The second-order valence-electron chi connectivity index (χ2n) is 5.46. The van der Waals surface area contributed by atoms with E-state index in [1.54, 1.807) is 0 Å². The van der Waals surface area contributed by atoms with E-state index < -0.39 is 0 Å². The monoisotopic (exact) mass is 213 g/mol. The maximum absolute atomic E-state index is 9.51. The van der Waals surface area contributed by atoms with Crippen molar-refractivity contribution in [1.82, 2.24) is 4.90 Å². The number of hydrogen-bond acceptors (Lipinski definition) is 2. The lowest BCUT2D eigenvalue weighted by molar-refractivity contribution is 0.0953. The van der Waals surface area contributed by atoms with Crippen LogP contribution in [0.25, 0.3) is 0 Å². The van der Waals surface area contributed by atoms with Crippen molar-refractivity contribution < 1.29 is 5.11 Å². The Bertz CT molecular complexity index is 162. The van der Waals surface area contributed by atoms with Gasteiger partial charge in [-0.15, -0.1) is 0 Å². The fourth-order valence-corrected chi connectivity index (χ4v) is 2.46. The Morgan fingerprint density at radius 1 is 1.20 bits per heavy atom. The summed E-state index contributed by atoms with van der Waals surface area (Å²) in [6, 6.07) is 0.748. The number of aliphatic hydroxyl groups is 1. The van der Waals surface area contributed by atoms with Crippen molar-refractivity contribution in [2.24, 2.45) is 5.92 Å². The van der Waals surface area contributed by atoms with Crippen LogP contribution in [0.3, 0.4) is 0 Å². The van der Waals surface area contributed by atoms with Crippen molar-refractivity contribution in [2.75, 3.05) is 13.1 Å². The Morgan fingerprint density at radius 3 is 2.27 bits per heavy atom. The standard InChI is InChI=1S/C13H27NO/c1-11(2)8-9-14(10-12(3)15)13-6-4-5-7-13/h11-13,15H,4-10H2,1-3H3. The summed E-state index contributed by atoms with van der Waals surface area (Å²) in [4.78, 5) is 2.51. The molecule has 1 N–H and O–H groups in total. The first-order valence-electron chi connectivity index (χ1n) is 6.51. The van der Waals surface area contributed by atoms with E-state index in [0.29, 0.717) is 0 Å². The predicted molar refractivity (Wildman–Crippen MR) is 65.0 cm³/mol. The third-order valence-corrected chi connectivity index (χ3v) is 3.33. The van der Waals surface area contributed by atoms with E-state index in [1.807, 2.05) is 6.92 Å². The van der Waals surface area contributed by atoms with Crippen LogP contribution in [0.15, 0.2) is 0 Å². The molecule has 1 atom stereocenters. The van der Waals surface area contributed by atoms with E-state index in [9.17, 15) is 5.11 Å². The lowest BCUT2D eigenvalue weighted by Crippen LogP contribution is -2.39. The molecule has 90 valence electrons. The van der Waals surface area contributed by atoms with Crippen LogP contribution < -0.4 is 0 Å². The van der Waals surface area contributed by atoms with Crippen molar-refractivity contribution in [3.63, 3.8) is 0 Å². The van der Waals surface area contributed by atoms with Crippen LogP contribution in [0.1, 0.15) is 52.9 Å². The highest BCUT2D eigenvalue weighted by Crippen LogP contribution is 2.24. The first-order valence-corrected chi connectivity index (χ1v) is 6.51. The highest BCUT2D eigenvalue weighted by Gasteiger charge is 2.23. The molecule has 0 radical (unpaired) electrons. The predicted octanol–water partition coefficient (Wildman–Crippen LogP) is 2.66. The minimum Gasteiger partial charge on any atom is -0.392 e. The van der Waals surface area contributed by atoms with Crippen molar-refractivity contribution in [2.45, 2.75) is 65.0 Å². The van der Waals surface area contributed by atoms with Crippen LogP contribution >= 0.6 is 0 Å². The molecule has 0 aliphatic heterocycles. The molecule has 1 unspecified atom stereocenters. The molecule has 15 heavy (non-hydrogen) atoms. The van der Waals surface area contributed by atoms with Crippen LogP contribution in [0.5, 0.6) is 0 Å². The summed E-state index contributed by atoms with van der Waals surface area (Å²) in [5, 5.41) is 9.51. The number of hydrogen-bond donors (Lipinski definition) is 1. The Kier molecular flexibility index (Phi) is 5.62. The topological polar surface area (TPSA) is 23.5 Å². The van der Waals surface area contributed by atoms with Gasteiger partial charge in [-0.05, 0) is 38.6 Å². The van der Waals surface area contributed by atoms with Gasteiger partial charge in [-0.25, -0.2) is 0 Å². The van der Waals surface area contributed by atoms with Gasteiger partial charge in [0.15, 0.2) is 0 Å². The van der Waals surface area contributed by atoms with Crippen molar-refractivity contribution >= 4 is 0 Å². The van der Waals surface area contributed by atoms with Gasteiger partial charge in [0.05, 0.1) is 6.10 Å². The van der Waals surface area contributed by atoms with E-state index in [1.165, 1.54) is 32.1 Å². The van der Waals surface area contributed by atoms with E-state index in [-0.39, 0.29) is 6.10 Å². The number of aliphatic hydroxyl groups excluding tert-OH is 1. The molecule has 1 saturated carbocycles. The van der Waals surface area contributed by atoms with Gasteiger partial charge >= 0.3 is 0 Å². The zero-order valence-electron chi connectivity index (χ0n) is 10.6. The molecule has 1 rings (SSSR count). The Labute approximate surface area is 94.7 Å². The fraction of sp³-hybridized carbons (Fsp3) is 1.00. The maximum Gasteiger partial charge on any atom is 0.0639 e. The molecule has 0 aromatic heterocycles. The van der Waals surface area contributed by atoms with E-state index in [4.69, 9.17) is 0 Å². The summed E-state index contributed by atoms with van der Waals surface area (Å²) in [7, 11) is 0. The van der Waals surface area contributed by atoms with Crippen LogP contribution in [-0.4, -0.2) is 35.2 Å². The van der Waals surface area contributed by atoms with Gasteiger partial charge in [0.1, 0.15) is 0 Å². The molecule has 0 bridgehead atoms. The van der Waals surface area contributed by atoms with Crippen LogP contribution in [0, 0.1) is 5.92 Å². The van der Waals surface area contributed by atoms with Gasteiger partial charge in [0.2, 0.25) is 0 Å². The first-order chi connectivity index (χ1) is 7.09. The molecule has 0 heterocycles. The second-order valence-corrected chi connectivity index (χ2v) is 5.46. The van der Waals surface area contributed by atoms with Gasteiger partial charge in [-0.2, -0.15) is 0 Å². The minimum absolute atomic E-state index is 0.183. The summed E-state index contributed by atoms with van der Waals surface area (Å²) >= 11 is 0. The Morgan fingerprint density at radius 2 is 1.80 bits per heavy atom. The van der Waals surface area contributed by atoms with E-state index in [2.05, 4.69) is 18.7 Å². The molecule has 2 nitrogen and oxygen atoms in total. The van der Waals surface area contributed by atoms with E-state index >= 15 is 0 Å². The van der Waals surface area contributed by atoms with Crippen LogP contribution in [-0.2, 0) is 0 Å². The van der Waals surface area contributed by atoms with Gasteiger partial charge in [-0.1, -0.05) is 26.7 Å². The molecule has 1 aliphatic rings. The lowest BCUT2D eigenvalue weighted by Gasteiger charge is -2.30. The molecule has 0 saturated heterocycles. The second kappa shape index (κ2) is 6.49. The average molecular weight is 213 g/mol.